The van der Waals surface area contributed by atoms with Gasteiger partial charge in [0.2, 0.25) is 59.1 Å². The number of carboxylic acid groups (broad SMARTS) is 1. The predicted octanol–water partition coefficient (Wildman–Crippen LogP) is -11.1. The number of carboxylic acids is 1. The first-order valence-corrected chi connectivity index (χ1v) is 14.0. The van der Waals surface area contributed by atoms with Crippen LogP contribution in [0, 0.1) is 0 Å². The minimum atomic E-state index is -1.57. The topological polar surface area (TPSA) is 395 Å². The molecule has 0 unspecified atom stereocenters. The number of hydrogen-bond acceptors (Lipinski definition) is 14. The standard InChI is InChI=1S/C24H39N11O14/c25-1-14(38)26-2-15(39)27-3-16(40)28-5-18(42)31-8-21(45)34-12(10-36)23(47)33-7-20(44)30-4-17(41)29-6-19(43)32-9-22(46)35-13(11-37)24(48)49/h12-13,36-37H,1-11,25H2,(H,26,38)(H,27,39)(H,28,40)(H,29,41)(H,30,44)(H,31,42)(H,32,43)(H,33,47)(H,34,45)(H,35,46)(H,48,49)/t12-,13-/m0/s1. The van der Waals surface area contributed by atoms with E-state index in [0.29, 0.717) is 0 Å². The summed E-state index contributed by atoms with van der Waals surface area (Å²) in [5, 5.41) is 48.1. The van der Waals surface area contributed by atoms with Crippen LogP contribution in [0.1, 0.15) is 0 Å². The van der Waals surface area contributed by atoms with Gasteiger partial charge in [-0.2, -0.15) is 0 Å². The molecule has 49 heavy (non-hydrogen) atoms. The number of carbonyl (C=O) groups excluding carboxylic acids is 10. The summed E-state index contributed by atoms with van der Waals surface area (Å²) in [6.45, 7) is -6.89. The fourth-order valence-electron chi connectivity index (χ4n) is 2.86. The highest BCUT2D eigenvalue weighted by molar-refractivity contribution is 5.94. The zero-order valence-electron chi connectivity index (χ0n) is 25.8. The van der Waals surface area contributed by atoms with Crippen molar-refractivity contribution in [1.29, 1.82) is 0 Å². The van der Waals surface area contributed by atoms with E-state index in [1.807, 2.05) is 5.32 Å². The predicted molar refractivity (Wildman–Crippen MR) is 159 cm³/mol. The van der Waals surface area contributed by atoms with Gasteiger partial charge in [-0.05, 0) is 0 Å². The van der Waals surface area contributed by atoms with Crippen LogP contribution in [0.2, 0.25) is 0 Å². The Morgan fingerprint density at radius 2 is 0.673 bits per heavy atom. The first-order valence-electron chi connectivity index (χ1n) is 14.0. The molecule has 15 N–H and O–H groups in total. The highest BCUT2D eigenvalue weighted by atomic mass is 16.4. The molecule has 274 valence electrons. The van der Waals surface area contributed by atoms with Crippen LogP contribution in [0.15, 0.2) is 0 Å². The smallest absolute Gasteiger partial charge is 0.328 e. The minimum absolute atomic E-state index is 0.326. The molecule has 0 aromatic rings. The summed E-state index contributed by atoms with van der Waals surface area (Å²) in [6.07, 6.45) is 0. The van der Waals surface area contributed by atoms with Crippen molar-refractivity contribution in [2.45, 2.75) is 12.1 Å². The zero-order chi connectivity index (χ0) is 37.4. The van der Waals surface area contributed by atoms with Crippen molar-refractivity contribution in [1.82, 2.24) is 53.2 Å². The zero-order valence-corrected chi connectivity index (χ0v) is 25.8. The van der Waals surface area contributed by atoms with Crippen LogP contribution >= 0.6 is 0 Å². The molecular formula is C24H39N11O14. The monoisotopic (exact) mass is 705 g/mol. The molecule has 0 fully saturated rings. The lowest BCUT2D eigenvalue weighted by atomic mass is 10.3. The average molecular weight is 706 g/mol. The van der Waals surface area contributed by atoms with Crippen LogP contribution in [-0.4, -0.2) is 165 Å². The number of aliphatic hydroxyl groups is 2. The largest absolute Gasteiger partial charge is 0.480 e. The van der Waals surface area contributed by atoms with Gasteiger partial charge in [-0.25, -0.2) is 4.79 Å². The van der Waals surface area contributed by atoms with Crippen molar-refractivity contribution in [3.8, 4) is 0 Å². The highest BCUT2D eigenvalue weighted by Gasteiger charge is 2.21. The maximum atomic E-state index is 12.2. The number of aliphatic carboxylic acids is 1. The summed E-state index contributed by atoms with van der Waals surface area (Å²) in [4.78, 5) is 128. The van der Waals surface area contributed by atoms with Gasteiger partial charge in [-0.1, -0.05) is 0 Å². The van der Waals surface area contributed by atoms with Gasteiger partial charge in [0.1, 0.15) is 12.1 Å². The van der Waals surface area contributed by atoms with E-state index in [-0.39, 0.29) is 6.54 Å². The van der Waals surface area contributed by atoms with E-state index < -0.39 is 143 Å². The average Bonchev–Trinajstić information content (AvgIpc) is 3.08. The summed E-state index contributed by atoms with van der Waals surface area (Å²) in [6, 6.07) is -3.11. The molecule has 25 nitrogen and oxygen atoms in total. The summed E-state index contributed by atoms with van der Waals surface area (Å²) in [7, 11) is 0. The molecule has 0 aliphatic rings. The van der Waals surface area contributed by atoms with Gasteiger partial charge < -0.3 is 74.2 Å². The summed E-state index contributed by atoms with van der Waals surface area (Å²) in [5.74, 6) is -9.76. The Bertz CT molecular complexity index is 1250. The van der Waals surface area contributed by atoms with E-state index in [1.165, 1.54) is 0 Å². The molecule has 0 aliphatic carbocycles. The number of hydrogen-bond donors (Lipinski definition) is 14. The lowest BCUT2D eigenvalue weighted by molar-refractivity contribution is -0.142. The van der Waals surface area contributed by atoms with Gasteiger partial charge in [-0.15, -0.1) is 0 Å². The van der Waals surface area contributed by atoms with E-state index in [1.54, 1.807) is 0 Å². The van der Waals surface area contributed by atoms with Gasteiger partial charge in [0.25, 0.3) is 0 Å². The molecule has 0 aliphatic heterocycles. The number of nitrogens with one attached hydrogen (secondary N) is 10. The first kappa shape index (κ1) is 43.0. The van der Waals surface area contributed by atoms with Gasteiger partial charge in [0.15, 0.2) is 0 Å². The molecule has 2 atom stereocenters. The second-order valence-corrected chi connectivity index (χ2v) is 9.30. The third-order valence-electron chi connectivity index (χ3n) is 5.38. The quantitative estimate of drug-likeness (QED) is 0.0469. The van der Waals surface area contributed by atoms with Gasteiger partial charge in [-0.3, -0.25) is 47.9 Å². The molecule has 0 rings (SSSR count). The molecule has 0 aromatic carbocycles. The minimum Gasteiger partial charge on any atom is -0.480 e. The number of nitrogens with two attached hydrogens (primary N) is 1. The van der Waals surface area contributed by atoms with Gasteiger partial charge >= 0.3 is 5.97 Å². The highest BCUT2D eigenvalue weighted by Crippen LogP contribution is 1.85. The second-order valence-electron chi connectivity index (χ2n) is 9.30. The Morgan fingerprint density at radius 3 is 0.959 bits per heavy atom. The maximum absolute atomic E-state index is 12.2. The van der Waals surface area contributed by atoms with E-state index in [0.717, 1.165) is 0 Å². The molecule has 0 aromatic heterocycles. The van der Waals surface area contributed by atoms with Crippen LogP contribution in [0.4, 0.5) is 0 Å². The van der Waals surface area contributed by atoms with Gasteiger partial charge in [0.05, 0.1) is 72.1 Å². The van der Waals surface area contributed by atoms with Crippen molar-refractivity contribution < 1.29 is 68.1 Å². The Labute approximate surface area is 276 Å². The SMILES string of the molecule is NCC(=O)NCC(=O)NCC(=O)NCC(=O)NCC(=O)N[C@@H](CO)C(=O)NCC(=O)NCC(=O)NCC(=O)NCC(=O)N[C@@H](CO)C(=O)O. The van der Waals surface area contributed by atoms with E-state index in [9.17, 15) is 57.8 Å². The number of aliphatic hydroxyl groups excluding tert-OH is 2. The Hall–Kier alpha value is -5.95. The molecule has 0 radical (unpaired) electrons. The summed E-state index contributed by atoms with van der Waals surface area (Å²) in [5.41, 5.74) is 5.06. The Morgan fingerprint density at radius 1 is 0.408 bits per heavy atom. The van der Waals surface area contributed by atoms with Crippen molar-refractivity contribution in [2.75, 3.05) is 72.1 Å². The van der Waals surface area contributed by atoms with Crippen LogP contribution in [0.5, 0.6) is 0 Å². The first-order chi connectivity index (χ1) is 23.1. The number of carbonyl (C=O) groups is 11. The number of amides is 10. The summed E-state index contributed by atoms with van der Waals surface area (Å²) < 4.78 is 0. The molecule has 0 spiro atoms. The van der Waals surface area contributed by atoms with E-state index in [4.69, 9.17) is 15.9 Å². The molecule has 25 heteroatoms. The van der Waals surface area contributed by atoms with Crippen molar-refractivity contribution in [3.63, 3.8) is 0 Å². The maximum Gasteiger partial charge on any atom is 0.328 e. The fraction of sp³-hybridized carbons (Fsp3) is 0.542. The van der Waals surface area contributed by atoms with Crippen LogP contribution in [0.3, 0.4) is 0 Å². The molecular weight excluding hydrogens is 666 g/mol. The van der Waals surface area contributed by atoms with Gasteiger partial charge in [0, 0.05) is 0 Å². The molecule has 0 bridgehead atoms. The third-order valence-corrected chi connectivity index (χ3v) is 5.38. The molecule has 10 amide bonds. The van der Waals surface area contributed by atoms with Crippen molar-refractivity contribution >= 4 is 65.0 Å². The van der Waals surface area contributed by atoms with Crippen LogP contribution in [-0.2, 0) is 52.7 Å². The third kappa shape index (κ3) is 21.5. The molecule has 0 saturated heterocycles. The van der Waals surface area contributed by atoms with E-state index >= 15 is 0 Å². The summed E-state index contributed by atoms with van der Waals surface area (Å²) >= 11 is 0. The fourth-order valence-corrected chi connectivity index (χ4v) is 2.86. The lowest BCUT2D eigenvalue weighted by Gasteiger charge is -2.16. The number of rotatable bonds is 23. The molecule has 0 saturated carbocycles. The lowest BCUT2D eigenvalue weighted by Crippen LogP contribution is -2.53. The van der Waals surface area contributed by atoms with Crippen LogP contribution in [0.25, 0.3) is 0 Å². The molecule has 0 heterocycles. The Balaban J connectivity index is 4.27. The van der Waals surface area contributed by atoms with Crippen LogP contribution < -0.4 is 58.9 Å². The second kappa shape index (κ2) is 24.3. The normalized spacial score (nSPS) is 11.2. The van der Waals surface area contributed by atoms with Crippen molar-refractivity contribution in [3.05, 3.63) is 0 Å². The van der Waals surface area contributed by atoms with Crippen molar-refractivity contribution in [2.24, 2.45) is 5.73 Å². The Kier molecular flexibility index (Phi) is 21.3. The van der Waals surface area contributed by atoms with E-state index in [2.05, 4.69) is 47.9 Å².